The maximum atomic E-state index is 14.8. The number of Topliss-reactive ketones (excluding diaryl/α,β-unsaturated/α-hetero) is 1. The van der Waals surface area contributed by atoms with Crippen LogP contribution in [0.15, 0.2) is 47.6 Å². The van der Waals surface area contributed by atoms with Crippen LogP contribution in [-0.2, 0) is 33.3 Å². The molecule has 0 bridgehead atoms. The lowest BCUT2D eigenvalue weighted by atomic mass is 9.94. The summed E-state index contributed by atoms with van der Waals surface area (Å²) in [6.07, 6.45) is -5.16. The van der Waals surface area contributed by atoms with Gasteiger partial charge in [-0.2, -0.15) is 26.3 Å². The van der Waals surface area contributed by atoms with Gasteiger partial charge in [0.15, 0.2) is 11.6 Å². The highest BCUT2D eigenvalue weighted by atomic mass is 32.2. The third-order valence-electron chi connectivity index (χ3n) is 7.80. The molecule has 2 aliphatic rings. The van der Waals surface area contributed by atoms with Gasteiger partial charge in [-0.15, -0.1) is 0 Å². The van der Waals surface area contributed by atoms with Gasteiger partial charge in [0.25, 0.3) is 0 Å². The summed E-state index contributed by atoms with van der Waals surface area (Å²) in [7, 11) is -4.46. The molecule has 1 aliphatic heterocycles. The Labute approximate surface area is 248 Å². The van der Waals surface area contributed by atoms with Crippen molar-refractivity contribution in [2.45, 2.75) is 87.1 Å². The normalized spacial score (nSPS) is 21.5. The lowest BCUT2D eigenvalue weighted by Crippen LogP contribution is -2.44. The number of carbonyl (C=O) groups excluding carboxylic acids is 1. The van der Waals surface area contributed by atoms with Crippen molar-refractivity contribution in [3.63, 3.8) is 0 Å². The Kier molecular flexibility index (Phi) is 8.33. The molecular formula is C29H27F7N4O3S. The fourth-order valence-electron chi connectivity index (χ4n) is 5.40. The van der Waals surface area contributed by atoms with Gasteiger partial charge in [-0.25, -0.2) is 27.2 Å². The molecule has 44 heavy (non-hydrogen) atoms. The van der Waals surface area contributed by atoms with E-state index in [-0.39, 0.29) is 27.4 Å². The van der Waals surface area contributed by atoms with Gasteiger partial charge in [0.2, 0.25) is 10.0 Å². The number of halogens is 7. The van der Waals surface area contributed by atoms with Crippen LogP contribution in [-0.4, -0.2) is 51.7 Å². The van der Waals surface area contributed by atoms with E-state index in [2.05, 4.69) is 15.0 Å². The van der Waals surface area contributed by atoms with Gasteiger partial charge in [-0.1, -0.05) is 0 Å². The SMILES string of the molecule is C[C@H]1[C@H](F)C[C@@H](C(=O)CCc2cc(-c3cnc(C(C)(F)F)nc3)nc(C3CC3)c2C(F)(F)F)N1S(=O)(=O)c1ccc(F)cc1. The highest BCUT2D eigenvalue weighted by Gasteiger charge is 2.49. The number of sulfonamides is 1. The molecule has 1 aromatic carbocycles. The number of hydrogen-bond donors (Lipinski definition) is 0. The molecule has 236 valence electrons. The van der Waals surface area contributed by atoms with Crippen molar-refractivity contribution in [2.75, 3.05) is 0 Å². The van der Waals surface area contributed by atoms with E-state index < -0.39 is 88.5 Å². The second kappa shape index (κ2) is 11.5. The average Bonchev–Trinajstić information content (AvgIpc) is 3.75. The average molecular weight is 645 g/mol. The van der Waals surface area contributed by atoms with Crippen molar-refractivity contribution >= 4 is 15.8 Å². The van der Waals surface area contributed by atoms with Gasteiger partial charge in [-0.05, 0) is 62.1 Å². The maximum Gasteiger partial charge on any atom is 0.418 e. The van der Waals surface area contributed by atoms with E-state index in [1.807, 2.05) is 0 Å². The summed E-state index contributed by atoms with van der Waals surface area (Å²) in [6.45, 7) is 1.88. The number of pyridine rings is 1. The Hall–Kier alpha value is -3.46. The summed E-state index contributed by atoms with van der Waals surface area (Å²) in [5.41, 5.74) is -1.50. The molecule has 0 radical (unpaired) electrons. The number of aryl methyl sites for hydroxylation is 1. The number of carbonyl (C=O) groups is 1. The predicted molar refractivity (Wildman–Crippen MR) is 143 cm³/mol. The Bertz CT molecular complexity index is 1660. The maximum absolute atomic E-state index is 14.8. The molecule has 0 amide bonds. The van der Waals surface area contributed by atoms with Gasteiger partial charge in [0.05, 0.1) is 33.9 Å². The molecular weight excluding hydrogens is 617 g/mol. The Balaban J connectivity index is 1.48. The fourth-order valence-corrected chi connectivity index (χ4v) is 7.23. The first kappa shape index (κ1) is 31.9. The monoisotopic (exact) mass is 644 g/mol. The molecule has 7 nitrogen and oxygen atoms in total. The summed E-state index contributed by atoms with van der Waals surface area (Å²) in [4.78, 5) is 24.5. The zero-order valence-electron chi connectivity index (χ0n) is 23.5. The standard InChI is InChI=1S/C29H27F7N4O3S/c1-15-21(31)12-23(40(15)44(42,43)20-8-6-19(30)7-9-20)24(41)10-5-17-11-22(18-13-37-27(38-14-18)28(2,32)33)39-26(16-3-4-16)25(17)29(34,35)36/h6-9,11,13-16,21,23H,3-5,10,12H2,1-2H3/t15-,21+,23-/m0/s1. The lowest BCUT2D eigenvalue weighted by Gasteiger charge is -2.27. The largest absolute Gasteiger partial charge is 0.418 e. The minimum Gasteiger partial charge on any atom is -0.298 e. The van der Waals surface area contributed by atoms with Crippen molar-refractivity contribution in [2.24, 2.45) is 0 Å². The van der Waals surface area contributed by atoms with Crippen LogP contribution in [0.2, 0.25) is 0 Å². The van der Waals surface area contributed by atoms with E-state index in [9.17, 15) is 43.9 Å². The molecule has 3 heterocycles. The van der Waals surface area contributed by atoms with Crippen molar-refractivity contribution in [3.05, 3.63) is 71.2 Å². The number of rotatable bonds is 9. The van der Waals surface area contributed by atoms with Gasteiger partial charge in [0, 0.05) is 43.6 Å². The zero-order valence-corrected chi connectivity index (χ0v) is 24.3. The molecule has 1 saturated heterocycles. The van der Waals surface area contributed by atoms with Gasteiger partial charge >= 0.3 is 12.1 Å². The number of ketones is 1. The number of aromatic nitrogens is 3. The summed E-state index contributed by atoms with van der Waals surface area (Å²) in [5, 5.41) is 0. The number of nitrogens with zero attached hydrogens (tertiary/aromatic N) is 4. The van der Waals surface area contributed by atoms with Crippen LogP contribution in [0.4, 0.5) is 30.7 Å². The molecule has 2 aromatic heterocycles. The van der Waals surface area contributed by atoms with Crippen molar-refractivity contribution < 1.29 is 43.9 Å². The van der Waals surface area contributed by atoms with Gasteiger partial charge < -0.3 is 0 Å². The molecule has 3 atom stereocenters. The Morgan fingerprint density at radius 3 is 2.20 bits per heavy atom. The first-order valence-corrected chi connectivity index (χ1v) is 15.2. The van der Waals surface area contributed by atoms with Gasteiger partial charge in [-0.3, -0.25) is 9.78 Å². The second-order valence-electron chi connectivity index (χ2n) is 11.1. The van der Waals surface area contributed by atoms with Crippen LogP contribution in [0.3, 0.4) is 0 Å². The van der Waals surface area contributed by atoms with Crippen molar-refractivity contribution in [1.82, 2.24) is 19.3 Å². The number of hydrogen-bond acceptors (Lipinski definition) is 6. The van der Waals surface area contributed by atoms with Crippen LogP contribution in [0, 0.1) is 5.82 Å². The molecule has 1 saturated carbocycles. The molecule has 0 unspecified atom stereocenters. The smallest absolute Gasteiger partial charge is 0.298 e. The van der Waals surface area contributed by atoms with Crippen LogP contribution < -0.4 is 0 Å². The van der Waals surface area contributed by atoms with E-state index in [4.69, 9.17) is 0 Å². The topological polar surface area (TPSA) is 93.1 Å². The third-order valence-corrected chi connectivity index (χ3v) is 9.81. The molecule has 5 rings (SSSR count). The van der Waals surface area contributed by atoms with E-state index in [0.29, 0.717) is 24.1 Å². The summed E-state index contributed by atoms with van der Waals surface area (Å²) >= 11 is 0. The zero-order chi connectivity index (χ0) is 32.2. The Morgan fingerprint density at radius 2 is 1.66 bits per heavy atom. The highest BCUT2D eigenvalue weighted by Crippen LogP contribution is 2.47. The van der Waals surface area contributed by atoms with E-state index in [1.54, 1.807) is 0 Å². The molecule has 3 aromatic rings. The van der Waals surface area contributed by atoms with Crippen LogP contribution in [0.1, 0.15) is 68.1 Å². The van der Waals surface area contributed by atoms with Crippen molar-refractivity contribution in [1.29, 1.82) is 0 Å². The number of alkyl halides is 6. The van der Waals surface area contributed by atoms with Crippen LogP contribution in [0.5, 0.6) is 0 Å². The van der Waals surface area contributed by atoms with Crippen LogP contribution in [0.25, 0.3) is 11.3 Å². The number of benzene rings is 1. The quantitative estimate of drug-likeness (QED) is 0.251. The minimum atomic E-state index is -4.85. The predicted octanol–water partition coefficient (Wildman–Crippen LogP) is 6.38. The summed E-state index contributed by atoms with van der Waals surface area (Å²) < 4.78 is 126. The highest BCUT2D eigenvalue weighted by molar-refractivity contribution is 7.89. The second-order valence-corrected chi connectivity index (χ2v) is 13.0. The molecule has 15 heteroatoms. The summed E-state index contributed by atoms with van der Waals surface area (Å²) in [6, 6.07) is 2.11. The first-order chi connectivity index (χ1) is 20.5. The van der Waals surface area contributed by atoms with E-state index in [0.717, 1.165) is 42.7 Å². The molecule has 0 N–H and O–H groups in total. The van der Waals surface area contributed by atoms with Crippen LogP contribution >= 0.6 is 0 Å². The molecule has 1 aliphatic carbocycles. The van der Waals surface area contributed by atoms with Gasteiger partial charge in [0.1, 0.15) is 12.0 Å². The van der Waals surface area contributed by atoms with Crippen molar-refractivity contribution in [3.8, 4) is 11.3 Å². The fraction of sp³-hybridized carbons (Fsp3) is 0.448. The molecule has 2 fully saturated rings. The lowest BCUT2D eigenvalue weighted by molar-refractivity contribution is -0.139. The van der Waals surface area contributed by atoms with E-state index >= 15 is 0 Å². The molecule has 0 spiro atoms. The third kappa shape index (κ3) is 6.34. The summed E-state index contributed by atoms with van der Waals surface area (Å²) in [5.74, 6) is -6.12. The first-order valence-electron chi connectivity index (χ1n) is 13.8. The van der Waals surface area contributed by atoms with E-state index in [1.165, 1.54) is 6.92 Å². The minimum absolute atomic E-state index is 0.00727. The Morgan fingerprint density at radius 1 is 1.05 bits per heavy atom.